The number of anilines is 1. The van der Waals surface area contributed by atoms with Gasteiger partial charge in [-0.3, -0.25) is 10.0 Å². The first-order valence-electron chi connectivity index (χ1n) is 10.6. The van der Waals surface area contributed by atoms with Gasteiger partial charge in [0.1, 0.15) is 6.61 Å². The molecule has 2 aliphatic rings. The van der Waals surface area contributed by atoms with E-state index < -0.39 is 39.6 Å². The number of benzene rings is 1. The van der Waals surface area contributed by atoms with E-state index in [-0.39, 0.29) is 45.8 Å². The number of alkyl halides is 4. The zero-order valence-electron chi connectivity index (χ0n) is 18.3. The molecule has 0 saturated carbocycles. The van der Waals surface area contributed by atoms with Gasteiger partial charge in [-0.15, -0.1) is 0 Å². The number of rotatable bonds is 9. The first-order chi connectivity index (χ1) is 16.0. The molecule has 2 aliphatic heterocycles. The van der Waals surface area contributed by atoms with Gasteiger partial charge in [0.15, 0.2) is 4.75 Å². The van der Waals surface area contributed by atoms with Crippen molar-refractivity contribution in [3.05, 3.63) is 29.8 Å². The average Bonchev–Trinajstić information content (AvgIpc) is 2.84. The number of nitrogens with one attached hydrogen (secondary N) is 1. The van der Waals surface area contributed by atoms with Gasteiger partial charge in [0, 0.05) is 57.9 Å². The fourth-order valence-corrected chi connectivity index (χ4v) is 6.11. The number of nitrogens with zero attached hydrogens (tertiary/aromatic N) is 2. The van der Waals surface area contributed by atoms with E-state index in [1.807, 2.05) is 4.90 Å². The van der Waals surface area contributed by atoms with Crippen LogP contribution in [0.3, 0.4) is 0 Å². The molecule has 1 aromatic rings. The summed E-state index contributed by atoms with van der Waals surface area (Å²) in [5.74, 6) is -5.18. The minimum atomic E-state index is -4.21. The van der Waals surface area contributed by atoms with Crippen molar-refractivity contribution < 1.29 is 45.5 Å². The molecule has 0 bridgehead atoms. The summed E-state index contributed by atoms with van der Waals surface area (Å²) in [4.78, 5) is 14.3. The van der Waals surface area contributed by atoms with Crippen LogP contribution in [0, 0.1) is 0 Å². The monoisotopic (exact) mass is 513 g/mol. The number of hydrogen-bond acceptors (Lipinski definition) is 7. The highest BCUT2D eigenvalue weighted by atomic mass is 32.2. The standard InChI is InChI=1S/C20H27F4N3O6S/c21-17(22)20(23,24)14-33-13-15-1-3-16(4-2-15)26-7-9-27(10-8-26)34(30,31)19(18(28)25-29)5-11-32-12-6-19/h1-4,17,29H,5-14H2,(H,25,28). The van der Waals surface area contributed by atoms with E-state index in [2.05, 4.69) is 0 Å². The maximum atomic E-state index is 13.3. The van der Waals surface area contributed by atoms with E-state index in [0.29, 0.717) is 18.7 Å². The van der Waals surface area contributed by atoms with Crippen LogP contribution < -0.4 is 10.4 Å². The molecule has 2 saturated heterocycles. The summed E-state index contributed by atoms with van der Waals surface area (Å²) in [7, 11) is -4.08. The molecule has 0 spiro atoms. The molecule has 34 heavy (non-hydrogen) atoms. The Kier molecular flexibility index (Phi) is 8.39. The minimum Gasteiger partial charge on any atom is -0.381 e. The summed E-state index contributed by atoms with van der Waals surface area (Å²) in [6.07, 6.45) is -3.92. The van der Waals surface area contributed by atoms with E-state index in [9.17, 15) is 30.8 Å². The molecule has 1 amide bonds. The maximum absolute atomic E-state index is 13.3. The number of sulfonamides is 1. The van der Waals surface area contributed by atoms with Crippen molar-refractivity contribution in [2.45, 2.75) is 36.5 Å². The van der Waals surface area contributed by atoms with Crippen molar-refractivity contribution in [2.24, 2.45) is 0 Å². The molecule has 2 heterocycles. The van der Waals surface area contributed by atoms with Crippen molar-refractivity contribution >= 4 is 21.6 Å². The minimum absolute atomic E-state index is 0.0608. The summed E-state index contributed by atoms with van der Waals surface area (Å²) in [6.45, 7) is -0.552. The van der Waals surface area contributed by atoms with Crippen LogP contribution in [-0.2, 0) is 30.9 Å². The number of hydroxylamine groups is 1. The molecule has 2 fully saturated rings. The molecular weight excluding hydrogens is 486 g/mol. The molecule has 3 rings (SSSR count). The van der Waals surface area contributed by atoms with Gasteiger partial charge in [-0.25, -0.2) is 22.7 Å². The average molecular weight is 514 g/mol. The first kappa shape index (κ1) is 26.6. The Morgan fingerprint density at radius 2 is 1.74 bits per heavy atom. The molecule has 2 N–H and O–H groups in total. The predicted molar refractivity (Wildman–Crippen MR) is 112 cm³/mol. The lowest BCUT2D eigenvalue weighted by Crippen LogP contribution is -2.62. The zero-order chi connectivity index (χ0) is 25.0. The van der Waals surface area contributed by atoms with Gasteiger partial charge >= 0.3 is 12.3 Å². The molecule has 0 aromatic heterocycles. The van der Waals surface area contributed by atoms with E-state index in [1.165, 1.54) is 9.79 Å². The van der Waals surface area contributed by atoms with Crippen LogP contribution >= 0.6 is 0 Å². The lowest BCUT2D eigenvalue weighted by Gasteiger charge is -2.42. The van der Waals surface area contributed by atoms with E-state index in [0.717, 1.165) is 5.69 Å². The highest BCUT2D eigenvalue weighted by molar-refractivity contribution is 7.91. The van der Waals surface area contributed by atoms with Crippen LogP contribution in [0.1, 0.15) is 18.4 Å². The third kappa shape index (κ3) is 5.46. The van der Waals surface area contributed by atoms with Gasteiger partial charge in [0.25, 0.3) is 5.91 Å². The lowest BCUT2D eigenvalue weighted by atomic mass is 9.98. The van der Waals surface area contributed by atoms with Crippen LogP contribution in [0.15, 0.2) is 24.3 Å². The van der Waals surface area contributed by atoms with Gasteiger partial charge in [0.05, 0.1) is 6.61 Å². The van der Waals surface area contributed by atoms with Gasteiger partial charge in [-0.2, -0.15) is 13.1 Å². The maximum Gasteiger partial charge on any atom is 0.330 e. The van der Waals surface area contributed by atoms with Crippen molar-refractivity contribution in [3.8, 4) is 0 Å². The molecular formula is C20H27F4N3O6S. The number of hydrogen-bond donors (Lipinski definition) is 2. The summed E-state index contributed by atoms with van der Waals surface area (Å²) < 4.78 is 86.2. The van der Waals surface area contributed by atoms with Crippen LogP contribution in [0.5, 0.6) is 0 Å². The Bertz CT molecular complexity index is 934. The SMILES string of the molecule is O=C(NO)C1(S(=O)(=O)N2CCN(c3ccc(COCC(F)(F)C(F)F)cc3)CC2)CCOCC1. The molecule has 0 unspecified atom stereocenters. The molecule has 1 aromatic carbocycles. The highest BCUT2D eigenvalue weighted by Gasteiger charge is 2.54. The summed E-state index contributed by atoms with van der Waals surface area (Å²) in [5, 5.41) is 9.13. The topological polar surface area (TPSA) is 108 Å². The van der Waals surface area contributed by atoms with Crippen LogP contribution in [-0.4, -0.2) is 86.9 Å². The number of carbonyl (C=O) groups excluding carboxylic acids is 1. The molecule has 0 atom stereocenters. The van der Waals surface area contributed by atoms with Crippen molar-refractivity contribution in [1.29, 1.82) is 0 Å². The van der Waals surface area contributed by atoms with E-state index in [1.54, 1.807) is 24.3 Å². The third-order valence-electron chi connectivity index (χ3n) is 6.07. The van der Waals surface area contributed by atoms with Crippen LogP contribution in [0.25, 0.3) is 0 Å². The largest absolute Gasteiger partial charge is 0.381 e. The molecule has 9 nitrogen and oxygen atoms in total. The number of halogens is 4. The van der Waals surface area contributed by atoms with Crippen molar-refractivity contribution in [1.82, 2.24) is 9.79 Å². The Balaban J connectivity index is 1.58. The second kappa shape index (κ2) is 10.7. The summed E-state index contributed by atoms with van der Waals surface area (Å²) in [6, 6.07) is 6.63. The Morgan fingerprint density at radius 1 is 1.15 bits per heavy atom. The zero-order valence-corrected chi connectivity index (χ0v) is 19.1. The van der Waals surface area contributed by atoms with Crippen molar-refractivity contribution in [3.63, 3.8) is 0 Å². The smallest absolute Gasteiger partial charge is 0.330 e. The first-order valence-corrected chi connectivity index (χ1v) is 12.1. The number of ether oxygens (including phenoxy) is 2. The third-order valence-corrected chi connectivity index (χ3v) is 8.70. The Labute approximate surface area is 194 Å². The van der Waals surface area contributed by atoms with Gasteiger partial charge in [-0.05, 0) is 17.7 Å². The molecule has 14 heteroatoms. The fourth-order valence-electron chi connectivity index (χ4n) is 4.01. The van der Waals surface area contributed by atoms with Gasteiger partial charge < -0.3 is 14.4 Å². The van der Waals surface area contributed by atoms with Crippen molar-refractivity contribution in [2.75, 3.05) is 50.9 Å². The second-order valence-corrected chi connectivity index (χ2v) is 10.4. The lowest BCUT2D eigenvalue weighted by molar-refractivity contribution is -0.168. The normalized spacial score (nSPS) is 19.9. The molecule has 0 radical (unpaired) electrons. The Hall–Kier alpha value is -2.00. The predicted octanol–water partition coefficient (Wildman–Crippen LogP) is 1.61. The van der Waals surface area contributed by atoms with Crippen LogP contribution in [0.2, 0.25) is 0 Å². The summed E-state index contributed by atoms with van der Waals surface area (Å²) >= 11 is 0. The second-order valence-electron chi connectivity index (χ2n) is 8.16. The van der Waals surface area contributed by atoms with Gasteiger partial charge in [0.2, 0.25) is 10.0 Å². The van der Waals surface area contributed by atoms with E-state index in [4.69, 9.17) is 14.7 Å². The number of piperazine rings is 1. The highest BCUT2D eigenvalue weighted by Crippen LogP contribution is 2.34. The number of amides is 1. The van der Waals surface area contributed by atoms with E-state index >= 15 is 0 Å². The van der Waals surface area contributed by atoms with Crippen LogP contribution in [0.4, 0.5) is 23.2 Å². The molecule has 192 valence electrons. The fraction of sp³-hybridized carbons (Fsp3) is 0.650. The Morgan fingerprint density at radius 3 is 2.26 bits per heavy atom. The number of carbonyl (C=O) groups is 1. The van der Waals surface area contributed by atoms with Gasteiger partial charge in [-0.1, -0.05) is 12.1 Å². The summed E-state index contributed by atoms with van der Waals surface area (Å²) in [5.41, 5.74) is 2.77. The quantitative estimate of drug-likeness (QED) is 0.294. The molecule has 0 aliphatic carbocycles.